The number of halogens is 1. The van der Waals surface area contributed by atoms with Crippen LogP contribution in [-0.2, 0) is 0 Å². The predicted octanol–water partition coefficient (Wildman–Crippen LogP) is 9.26. The molecule has 0 fully saturated rings. The fourth-order valence-electron chi connectivity index (χ4n) is 4.07. The number of aryl methyl sites for hydroxylation is 1. The minimum Gasteiger partial charge on any atom is -0.376 e. The van der Waals surface area contributed by atoms with Gasteiger partial charge in [0.1, 0.15) is 0 Å². The van der Waals surface area contributed by atoms with E-state index in [1.807, 2.05) is 77.0 Å². The van der Waals surface area contributed by atoms with Crippen LogP contribution in [0.5, 0.6) is 0 Å². The number of nitrogens with zero attached hydrogens (tertiary/aromatic N) is 4. The van der Waals surface area contributed by atoms with Crippen LogP contribution < -0.4 is 10.2 Å². The molecule has 3 aromatic rings. The zero-order chi connectivity index (χ0) is 28.1. The molecule has 0 aliphatic carbocycles. The molecule has 0 amide bonds. The number of benzene rings is 2. The van der Waals surface area contributed by atoms with Crippen LogP contribution in [0.4, 0.5) is 11.5 Å². The Balaban J connectivity index is 0.000000586. The van der Waals surface area contributed by atoms with E-state index in [4.69, 9.17) is 11.6 Å². The summed E-state index contributed by atoms with van der Waals surface area (Å²) in [4.78, 5) is 1.98. The van der Waals surface area contributed by atoms with Gasteiger partial charge >= 0.3 is 0 Å². The molecule has 6 heteroatoms. The van der Waals surface area contributed by atoms with Crippen molar-refractivity contribution in [3.8, 4) is 6.07 Å². The van der Waals surface area contributed by atoms with Crippen molar-refractivity contribution in [1.82, 2.24) is 10.2 Å². The summed E-state index contributed by atoms with van der Waals surface area (Å²) < 4.78 is 0. The third-order valence-corrected chi connectivity index (χ3v) is 6.52. The molecule has 1 heterocycles. The number of hydrogen-bond acceptors (Lipinski definition) is 5. The van der Waals surface area contributed by atoms with Crippen molar-refractivity contribution in [3.05, 3.63) is 57.7 Å². The first-order valence-electron chi connectivity index (χ1n) is 13.5. The summed E-state index contributed by atoms with van der Waals surface area (Å²) in [5.74, 6) is 1.60. The van der Waals surface area contributed by atoms with Crippen molar-refractivity contribution in [2.45, 2.75) is 87.1 Å². The van der Waals surface area contributed by atoms with Crippen LogP contribution in [-0.4, -0.2) is 24.3 Å². The van der Waals surface area contributed by atoms with E-state index < -0.39 is 0 Å². The van der Waals surface area contributed by atoms with Gasteiger partial charge in [0.15, 0.2) is 5.82 Å². The van der Waals surface area contributed by atoms with E-state index in [0.717, 1.165) is 39.2 Å². The van der Waals surface area contributed by atoms with E-state index in [1.54, 1.807) is 0 Å². The van der Waals surface area contributed by atoms with Gasteiger partial charge in [0, 0.05) is 24.9 Å². The van der Waals surface area contributed by atoms with Crippen molar-refractivity contribution >= 4 is 33.9 Å². The Morgan fingerprint density at radius 3 is 2.27 bits per heavy atom. The van der Waals surface area contributed by atoms with Crippen molar-refractivity contribution < 1.29 is 0 Å². The molecule has 3 rings (SSSR count). The first kappa shape index (κ1) is 32.2. The fourth-order valence-corrected chi connectivity index (χ4v) is 4.40. The van der Waals surface area contributed by atoms with Crippen molar-refractivity contribution in [2.24, 2.45) is 5.92 Å². The number of aromatic nitrogens is 2. The minimum absolute atomic E-state index is 0.0306. The Kier molecular flexibility index (Phi) is 14.0. The first-order valence-corrected chi connectivity index (χ1v) is 13.9. The summed E-state index contributed by atoms with van der Waals surface area (Å²) in [6.45, 7) is 16.8. The third-order valence-electron chi connectivity index (χ3n) is 6.21. The first-order chi connectivity index (χ1) is 17.6. The van der Waals surface area contributed by atoms with Crippen LogP contribution in [0, 0.1) is 31.1 Å². The van der Waals surface area contributed by atoms with Gasteiger partial charge in [0.05, 0.1) is 34.1 Å². The van der Waals surface area contributed by atoms with Crippen molar-refractivity contribution in [1.29, 1.82) is 5.26 Å². The molecule has 1 N–H and O–H groups in total. The number of nitrogens with one attached hydrogen (secondary N) is 1. The third kappa shape index (κ3) is 9.20. The number of unbranched alkanes of at least 4 members (excludes halogenated alkanes) is 2. The molecule has 0 unspecified atom stereocenters. The highest BCUT2D eigenvalue weighted by molar-refractivity contribution is 6.34. The summed E-state index contributed by atoms with van der Waals surface area (Å²) in [6, 6.07) is 11.9. The molecule has 5 nitrogen and oxygen atoms in total. The molecule has 202 valence electrons. The smallest absolute Gasteiger partial charge is 0.157 e. The number of fused-ring (bicyclic) bond motifs is 1. The van der Waals surface area contributed by atoms with Gasteiger partial charge in [-0.25, -0.2) is 0 Å². The Hall–Kier alpha value is -2.84. The lowest BCUT2D eigenvalue weighted by atomic mass is 9.98. The molecule has 0 saturated carbocycles. The Labute approximate surface area is 230 Å². The predicted molar refractivity (Wildman–Crippen MR) is 162 cm³/mol. The van der Waals surface area contributed by atoms with E-state index in [2.05, 4.69) is 49.3 Å². The fraction of sp³-hybridized carbons (Fsp3) is 0.516. The highest BCUT2D eigenvalue weighted by atomic mass is 35.5. The van der Waals surface area contributed by atoms with E-state index in [1.165, 1.54) is 25.7 Å². The van der Waals surface area contributed by atoms with Gasteiger partial charge in [-0.2, -0.15) is 10.4 Å². The number of hydrogen-bond donors (Lipinski definition) is 1. The number of rotatable bonds is 8. The zero-order valence-electron chi connectivity index (χ0n) is 24.5. The Morgan fingerprint density at radius 2 is 1.70 bits per heavy atom. The summed E-state index contributed by atoms with van der Waals surface area (Å²) in [5.41, 5.74) is 4.48. The molecular formula is C31H46ClN5. The number of nitriles is 1. The Morgan fingerprint density at radius 1 is 1.03 bits per heavy atom. The maximum Gasteiger partial charge on any atom is 0.157 e. The van der Waals surface area contributed by atoms with Gasteiger partial charge in [-0.1, -0.05) is 84.0 Å². The van der Waals surface area contributed by atoms with Crippen molar-refractivity contribution in [3.63, 3.8) is 0 Å². The number of anilines is 2. The molecule has 1 atom stereocenters. The molecular weight excluding hydrogens is 478 g/mol. The topological polar surface area (TPSA) is 64.8 Å². The lowest BCUT2D eigenvalue weighted by Gasteiger charge is -2.20. The van der Waals surface area contributed by atoms with Gasteiger partial charge in [-0.3, -0.25) is 0 Å². The van der Waals surface area contributed by atoms with Crippen LogP contribution in [0.3, 0.4) is 0 Å². The van der Waals surface area contributed by atoms with E-state index >= 15 is 0 Å². The van der Waals surface area contributed by atoms with Crippen molar-refractivity contribution in [2.75, 3.05) is 24.3 Å². The second-order valence-corrected chi connectivity index (χ2v) is 10.2. The van der Waals surface area contributed by atoms with E-state index in [-0.39, 0.29) is 6.04 Å². The van der Waals surface area contributed by atoms with Gasteiger partial charge in [0.2, 0.25) is 0 Å². The zero-order valence-corrected chi connectivity index (χ0v) is 25.3. The quantitative estimate of drug-likeness (QED) is 0.298. The summed E-state index contributed by atoms with van der Waals surface area (Å²) in [5, 5.41) is 24.0. The molecule has 1 aromatic heterocycles. The largest absolute Gasteiger partial charge is 0.376 e. The second-order valence-electron chi connectivity index (χ2n) is 9.76. The molecule has 0 bridgehead atoms. The molecule has 0 saturated heterocycles. The Bertz CT molecular complexity index is 1160. The molecule has 37 heavy (non-hydrogen) atoms. The molecule has 0 aliphatic rings. The van der Waals surface area contributed by atoms with Gasteiger partial charge in [-0.15, -0.1) is 5.10 Å². The summed E-state index contributed by atoms with van der Waals surface area (Å²) >= 11 is 6.44. The highest BCUT2D eigenvalue weighted by Crippen LogP contribution is 2.35. The normalized spacial score (nSPS) is 11.1. The summed E-state index contributed by atoms with van der Waals surface area (Å²) in [6.07, 6.45) is 5.60. The average molecular weight is 524 g/mol. The maximum atomic E-state index is 9.28. The average Bonchev–Trinajstić information content (AvgIpc) is 2.87. The van der Waals surface area contributed by atoms with Gasteiger partial charge < -0.3 is 10.2 Å². The van der Waals surface area contributed by atoms with Crippen LogP contribution >= 0.6 is 11.6 Å². The molecule has 0 aliphatic heterocycles. The van der Waals surface area contributed by atoms with Crippen LogP contribution in [0.1, 0.15) is 95.7 Å². The lowest BCUT2D eigenvalue weighted by Crippen LogP contribution is -2.12. The van der Waals surface area contributed by atoms with Crippen LogP contribution in [0.25, 0.3) is 10.8 Å². The maximum absolute atomic E-state index is 9.28. The summed E-state index contributed by atoms with van der Waals surface area (Å²) in [7, 11) is 3.92. The molecule has 0 radical (unpaired) electrons. The second kappa shape index (κ2) is 16.1. The molecule has 2 aromatic carbocycles. The standard InChI is InChI=1S/C21H22ClN5.C8H18.C2H6/c1-12-15(11-23)7-6-8-16(12)13(2)24-21-18-10-20(27(4)5)19(22)9-17(18)14(3)25-26-21;1-4-5-6-7-8(2)3;1-2/h6-10,13H,1-5H3,(H,24,26);8H,4-7H2,1-3H3;1-2H3/t13-;;/m1../s1. The van der Waals surface area contributed by atoms with E-state index in [9.17, 15) is 5.26 Å². The van der Waals surface area contributed by atoms with E-state index in [0.29, 0.717) is 16.4 Å². The van der Waals surface area contributed by atoms with Crippen LogP contribution in [0.2, 0.25) is 5.02 Å². The monoisotopic (exact) mass is 523 g/mol. The highest BCUT2D eigenvalue weighted by Gasteiger charge is 2.16. The molecule has 0 spiro atoms. The SMILES string of the molecule is CC.CCCCCC(C)C.Cc1c(C#N)cccc1[C@@H](C)Nc1nnc(C)c2cc(Cl)c(N(C)C)cc12. The van der Waals surface area contributed by atoms with Crippen LogP contribution in [0.15, 0.2) is 30.3 Å². The van der Waals surface area contributed by atoms with Gasteiger partial charge in [-0.05, 0) is 56.0 Å². The van der Waals surface area contributed by atoms with Gasteiger partial charge in [0.25, 0.3) is 0 Å². The minimum atomic E-state index is -0.0306. The lowest BCUT2D eigenvalue weighted by molar-refractivity contribution is 0.534.